The summed E-state index contributed by atoms with van der Waals surface area (Å²) in [6.45, 7) is -0.486. The molecule has 3 rings (SSSR count). The van der Waals surface area contributed by atoms with E-state index in [0.717, 1.165) is 0 Å². The zero-order valence-corrected chi connectivity index (χ0v) is 18.7. The van der Waals surface area contributed by atoms with Crippen molar-refractivity contribution >= 4 is 51.1 Å². The van der Waals surface area contributed by atoms with E-state index in [1.807, 2.05) is 0 Å². The van der Waals surface area contributed by atoms with Gasteiger partial charge in [-0.05, 0) is 40.2 Å². The lowest BCUT2D eigenvalue weighted by Crippen LogP contribution is -2.46. The lowest BCUT2D eigenvalue weighted by Gasteiger charge is -2.36. The van der Waals surface area contributed by atoms with Crippen LogP contribution in [0, 0.1) is 0 Å². The van der Waals surface area contributed by atoms with Gasteiger partial charge < -0.3 is 24.5 Å². The molecule has 1 aromatic heterocycles. The first-order chi connectivity index (χ1) is 14.7. The number of halogens is 3. The van der Waals surface area contributed by atoms with Crippen LogP contribution in [0.4, 0.5) is 0 Å². The number of esters is 1. The summed E-state index contributed by atoms with van der Waals surface area (Å²) in [5, 5.41) is 23.1. The van der Waals surface area contributed by atoms with E-state index in [1.165, 1.54) is 41.5 Å². The fourth-order valence-corrected chi connectivity index (χ4v) is 3.81. The number of rotatable bonds is 7. The molecule has 0 saturated carbocycles. The molecule has 0 aliphatic heterocycles. The highest BCUT2D eigenvalue weighted by Crippen LogP contribution is 2.40. The fraction of sp³-hybridized carbons (Fsp3) is 0.150. The van der Waals surface area contributed by atoms with Crippen molar-refractivity contribution < 1.29 is 29.3 Å². The van der Waals surface area contributed by atoms with E-state index in [4.69, 9.17) is 32.7 Å². The Morgan fingerprint density at radius 1 is 1.26 bits per heavy atom. The van der Waals surface area contributed by atoms with Crippen LogP contribution in [0.2, 0.25) is 10.0 Å². The Labute approximate surface area is 195 Å². The second-order valence-corrected chi connectivity index (χ2v) is 8.02. The molecular formula is C20H14BrCl2N2O6-. The normalized spacial score (nSPS) is 13.8. The standard InChI is InChI=1S/C20H15BrCl2N2O6/c21-14-3-1-2-4-16(14)30-10-20(29,13-6-5-12(22)9-15(13)23)19(25-8-7-24-11-25)31-18(28)17(26)27/h1-9,11,19,29H,10H2,(H,26,27)/p-1. The predicted octanol–water partition coefficient (Wildman–Crippen LogP) is 2.71. The van der Waals surface area contributed by atoms with Crippen LogP contribution < -0.4 is 9.84 Å². The monoisotopic (exact) mass is 527 g/mol. The number of ether oxygens (including phenoxy) is 2. The van der Waals surface area contributed by atoms with Crippen LogP contribution in [-0.2, 0) is 19.9 Å². The number of aliphatic carboxylic acids is 1. The lowest BCUT2D eigenvalue weighted by atomic mass is 9.92. The molecule has 8 nitrogen and oxygen atoms in total. The molecule has 1 N–H and O–H groups in total. The molecule has 0 fully saturated rings. The number of carboxylic acids is 1. The van der Waals surface area contributed by atoms with E-state index in [2.05, 4.69) is 20.9 Å². The minimum Gasteiger partial charge on any atom is -0.539 e. The van der Waals surface area contributed by atoms with Gasteiger partial charge in [0.25, 0.3) is 0 Å². The molecule has 0 radical (unpaired) electrons. The van der Waals surface area contributed by atoms with Crippen molar-refractivity contribution in [2.45, 2.75) is 11.8 Å². The van der Waals surface area contributed by atoms with E-state index in [9.17, 15) is 19.8 Å². The van der Waals surface area contributed by atoms with Gasteiger partial charge in [-0.25, -0.2) is 9.78 Å². The number of nitrogens with zero attached hydrogens (tertiary/aromatic N) is 2. The Morgan fingerprint density at radius 3 is 2.61 bits per heavy atom. The van der Waals surface area contributed by atoms with Gasteiger partial charge in [-0.1, -0.05) is 41.4 Å². The van der Waals surface area contributed by atoms with Gasteiger partial charge in [-0.15, -0.1) is 0 Å². The molecule has 162 valence electrons. The van der Waals surface area contributed by atoms with E-state index >= 15 is 0 Å². The molecule has 0 bridgehead atoms. The lowest BCUT2D eigenvalue weighted by molar-refractivity contribution is -0.306. The van der Waals surface area contributed by atoms with Gasteiger partial charge in [0.05, 0.1) is 10.8 Å². The number of aliphatic hydroxyl groups is 1. The molecule has 0 saturated heterocycles. The van der Waals surface area contributed by atoms with Gasteiger partial charge in [0, 0.05) is 28.0 Å². The number of aromatic nitrogens is 2. The maximum Gasteiger partial charge on any atom is 0.356 e. The molecule has 3 aromatic rings. The molecular weight excluding hydrogens is 515 g/mol. The van der Waals surface area contributed by atoms with Crippen molar-refractivity contribution in [1.29, 1.82) is 0 Å². The first-order valence-corrected chi connectivity index (χ1v) is 10.2. The van der Waals surface area contributed by atoms with Crippen LogP contribution in [0.15, 0.2) is 65.7 Å². The number of hydrogen-bond donors (Lipinski definition) is 1. The van der Waals surface area contributed by atoms with Crippen molar-refractivity contribution in [3.05, 3.63) is 81.3 Å². The highest BCUT2D eigenvalue weighted by Gasteiger charge is 2.45. The smallest absolute Gasteiger partial charge is 0.356 e. The van der Waals surface area contributed by atoms with E-state index in [1.54, 1.807) is 24.3 Å². The summed E-state index contributed by atoms with van der Waals surface area (Å²) in [5.74, 6) is -3.40. The van der Waals surface area contributed by atoms with Crippen LogP contribution in [0.5, 0.6) is 5.75 Å². The summed E-state index contributed by atoms with van der Waals surface area (Å²) in [6.07, 6.45) is 2.35. The maximum absolute atomic E-state index is 11.9. The van der Waals surface area contributed by atoms with Gasteiger partial charge >= 0.3 is 5.97 Å². The number of para-hydroxylation sites is 1. The number of hydrogen-bond acceptors (Lipinski definition) is 7. The summed E-state index contributed by atoms with van der Waals surface area (Å²) in [6, 6.07) is 11.1. The second kappa shape index (κ2) is 9.69. The topological polar surface area (TPSA) is 114 Å². The van der Waals surface area contributed by atoms with Crippen molar-refractivity contribution in [2.24, 2.45) is 0 Å². The third-order valence-corrected chi connectivity index (χ3v) is 5.47. The summed E-state index contributed by atoms with van der Waals surface area (Å²) >= 11 is 15.6. The van der Waals surface area contributed by atoms with Crippen molar-refractivity contribution in [1.82, 2.24) is 9.55 Å². The fourth-order valence-electron chi connectivity index (χ4n) is 2.83. The van der Waals surface area contributed by atoms with Crippen molar-refractivity contribution in [3.63, 3.8) is 0 Å². The quantitative estimate of drug-likeness (QED) is 0.370. The molecule has 2 unspecified atom stereocenters. The van der Waals surface area contributed by atoms with Gasteiger partial charge in [0.15, 0.2) is 11.6 Å². The Balaban J connectivity index is 2.10. The molecule has 11 heteroatoms. The summed E-state index contributed by atoms with van der Waals surface area (Å²) in [4.78, 5) is 26.8. The SMILES string of the molecule is O=C([O-])C(=O)OC(n1ccnc1)C(O)(COc1ccccc1Br)c1ccc(Cl)cc1Cl. The molecule has 2 aromatic carbocycles. The summed E-state index contributed by atoms with van der Waals surface area (Å²) < 4.78 is 12.7. The Bertz CT molecular complexity index is 1100. The number of benzene rings is 2. The van der Waals surface area contributed by atoms with E-state index in [-0.39, 0.29) is 10.6 Å². The van der Waals surface area contributed by atoms with Gasteiger partial charge in [-0.3, -0.25) is 4.57 Å². The molecule has 0 amide bonds. The highest BCUT2D eigenvalue weighted by molar-refractivity contribution is 9.10. The first-order valence-electron chi connectivity index (χ1n) is 8.67. The largest absolute Gasteiger partial charge is 0.539 e. The molecule has 0 aliphatic rings. The maximum atomic E-state index is 11.9. The zero-order chi connectivity index (χ0) is 22.6. The van der Waals surface area contributed by atoms with E-state index in [0.29, 0.717) is 15.2 Å². The van der Waals surface area contributed by atoms with Gasteiger partial charge in [-0.2, -0.15) is 0 Å². The minimum atomic E-state index is -2.16. The van der Waals surface area contributed by atoms with Gasteiger partial charge in [0.1, 0.15) is 12.4 Å². The summed E-state index contributed by atoms with van der Waals surface area (Å²) in [5.41, 5.74) is -2.08. The molecule has 0 aliphatic carbocycles. The Morgan fingerprint density at radius 2 is 2.00 bits per heavy atom. The van der Waals surface area contributed by atoms with E-state index < -0.39 is 30.4 Å². The third kappa shape index (κ3) is 5.19. The zero-order valence-electron chi connectivity index (χ0n) is 15.6. The van der Waals surface area contributed by atoms with Crippen LogP contribution in [0.1, 0.15) is 11.8 Å². The molecule has 1 heterocycles. The van der Waals surface area contributed by atoms with Crippen molar-refractivity contribution in [3.8, 4) is 5.75 Å². The number of carbonyl (C=O) groups is 2. The van der Waals surface area contributed by atoms with Crippen molar-refractivity contribution in [2.75, 3.05) is 6.61 Å². The third-order valence-electron chi connectivity index (χ3n) is 4.27. The van der Waals surface area contributed by atoms with Crippen LogP contribution in [0.25, 0.3) is 0 Å². The highest BCUT2D eigenvalue weighted by atomic mass is 79.9. The van der Waals surface area contributed by atoms with Crippen LogP contribution >= 0.6 is 39.1 Å². The number of carboxylic acid groups (broad SMARTS) is 1. The van der Waals surface area contributed by atoms with Crippen LogP contribution in [-0.4, -0.2) is 33.2 Å². The predicted molar refractivity (Wildman–Crippen MR) is 112 cm³/mol. The number of imidazole rings is 1. The minimum absolute atomic E-state index is 0.0420. The average Bonchev–Trinajstić information content (AvgIpc) is 3.25. The number of carbonyl (C=O) groups excluding carboxylic acids is 2. The van der Waals surface area contributed by atoms with Crippen LogP contribution in [0.3, 0.4) is 0 Å². The Kier molecular flexibility index (Phi) is 7.22. The first kappa shape index (κ1) is 23.1. The molecule has 0 spiro atoms. The average molecular weight is 529 g/mol. The molecule has 31 heavy (non-hydrogen) atoms. The summed E-state index contributed by atoms with van der Waals surface area (Å²) in [7, 11) is 0. The van der Waals surface area contributed by atoms with Gasteiger partial charge in [0.2, 0.25) is 6.23 Å². The second-order valence-electron chi connectivity index (χ2n) is 6.32. The Hall–Kier alpha value is -2.59. The molecule has 2 atom stereocenters.